The molecule has 0 aliphatic heterocycles. The molecule has 0 bridgehead atoms. The van der Waals surface area contributed by atoms with E-state index in [1.807, 2.05) is 27.7 Å². The fraction of sp³-hybridized carbons (Fsp3) is 0.867. The summed E-state index contributed by atoms with van der Waals surface area (Å²) in [6, 6.07) is -0.220. The standard InChI is InChI=1S/C15H29NO2/c1-7-9-13(17)12(5)16-10-14(18)15(6,8-2)11(3)4/h11-12,16H,7-10H2,1-6H3. The summed E-state index contributed by atoms with van der Waals surface area (Å²) in [6.07, 6.45) is 2.28. The van der Waals surface area contributed by atoms with Crippen molar-refractivity contribution in [2.24, 2.45) is 11.3 Å². The van der Waals surface area contributed by atoms with E-state index in [-0.39, 0.29) is 23.0 Å². The molecule has 0 aromatic heterocycles. The number of hydrogen-bond acceptors (Lipinski definition) is 3. The first-order valence-corrected chi connectivity index (χ1v) is 7.08. The van der Waals surface area contributed by atoms with Crippen molar-refractivity contribution in [3.05, 3.63) is 0 Å². The average molecular weight is 255 g/mol. The maximum absolute atomic E-state index is 12.2. The molecule has 0 fully saturated rings. The highest BCUT2D eigenvalue weighted by atomic mass is 16.1. The third-order valence-electron chi connectivity index (χ3n) is 4.19. The van der Waals surface area contributed by atoms with Gasteiger partial charge in [-0.2, -0.15) is 0 Å². The van der Waals surface area contributed by atoms with Gasteiger partial charge < -0.3 is 5.32 Å². The third-order valence-corrected chi connectivity index (χ3v) is 4.19. The van der Waals surface area contributed by atoms with Gasteiger partial charge >= 0.3 is 0 Å². The molecular formula is C15H29NO2. The third kappa shape index (κ3) is 4.52. The minimum atomic E-state index is -0.291. The minimum Gasteiger partial charge on any atom is -0.301 e. The summed E-state index contributed by atoms with van der Waals surface area (Å²) in [5.74, 6) is 0.711. The first-order valence-electron chi connectivity index (χ1n) is 7.08. The summed E-state index contributed by atoms with van der Waals surface area (Å²) < 4.78 is 0. The largest absolute Gasteiger partial charge is 0.301 e. The molecule has 0 radical (unpaired) electrons. The molecule has 0 aromatic carbocycles. The number of rotatable bonds is 9. The van der Waals surface area contributed by atoms with E-state index in [9.17, 15) is 9.59 Å². The second-order valence-electron chi connectivity index (χ2n) is 5.67. The Morgan fingerprint density at radius 1 is 1.17 bits per heavy atom. The molecular weight excluding hydrogens is 226 g/mol. The van der Waals surface area contributed by atoms with E-state index < -0.39 is 0 Å². The Kier molecular flexibility index (Phi) is 7.37. The lowest BCUT2D eigenvalue weighted by Gasteiger charge is -2.31. The highest BCUT2D eigenvalue weighted by Crippen LogP contribution is 2.31. The number of carbonyl (C=O) groups is 2. The van der Waals surface area contributed by atoms with Gasteiger partial charge in [-0.3, -0.25) is 9.59 Å². The lowest BCUT2D eigenvalue weighted by molar-refractivity contribution is -0.129. The zero-order valence-corrected chi connectivity index (χ0v) is 12.8. The maximum atomic E-state index is 12.2. The molecule has 3 heteroatoms. The van der Waals surface area contributed by atoms with Crippen molar-refractivity contribution in [1.29, 1.82) is 0 Å². The van der Waals surface area contributed by atoms with Crippen molar-refractivity contribution in [2.75, 3.05) is 6.54 Å². The van der Waals surface area contributed by atoms with Crippen molar-refractivity contribution in [2.45, 2.75) is 66.8 Å². The Balaban J connectivity index is 4.37. The molecule has 2 atom stereocenters. The Morgan fingerprint density at radius 3 is 2.11 bits per heavy atom. The molecule has 0 amide bonds. The van der Waals surface area contributed by atoms with E-state index in [1.54, 1.807) is 0 Å². The maximum Gasteiger partial charge on any atom is 0.152 e. The normalized spacial score (nSPS) is 16.4. The van der Waals surface area contributed by atoms with Gasteiger partial charge in [0.2, 0.25) is 0 Å². The molecule has 3 nitrogen and oxygen atoms in total. The van der Waals surface area contributed by atoms with Gasteiger partial charge in [0.25, 0.3) is 0 Å². The first-order chi connectivity index (χ1) is 8.29. The van der Waals surface area contributed by atoms with Crippen molar-refractivity contribution in [3.8, 4) is 0 Å². The molecule has 0 rings (SSSR count). The molecule has 0 aliphatic rings. The number of hydrogen-bond donors (Lipinski definition) is 1. The predicted molar refractivity (Wildman–Crippen MR) is 75.6 cm³/mol. The monoisotopic (exact) mass is 255 g/mol. The predicted octanol–water partition coefficient (Wildman–Crippen LogP) is 2.98. The molecule has 1 N–H and O–H groups in total. The van der Waals surface area contributed by atoms with Crippen LogP contribution in [0.5, 0.6) is 0 Å². The first kappa shape index (κ1) is 17.3. The van der Waals surface area contributed by atoms with Gasteiger partial charge in [0, 0.05) is 11.8 Å². The van der Waals surface area contributed by atoms with Crippen LogP contribution in [0.15, 0.2) is 0 Å². The summed E-state index contributed by atoms with van der Waals surface area (Å²) in [5.41, 5.74) is -0.291. The van der Waals surface area contributed by atoms with E-state index in [2.05, 4.69) is 19.2 Å². The number of nitrogens with one attached hydrogen (secondary N) is 1. The lowest BCUT2D eigenvalue weighted by atomic mass is 9.73. The average Bonchev–Trinajstić information content (AvgIpc) is 2.34. The molecule has 106 valence electrons. The fourth-order valence-electron chi connectivity index (χ4n) is 1.95. The van der Waals surface area contributed by atoms with Crippen LogP contribution in [-0.2, 0) is 9.59 Å². The zero-order valence-electron chi connectivity index (χ0n) is 12.8. The van der Waals surface area contributed by atoms with Gasteiger partial charge in [0.1, 0.15) is 5.78 Å². The Labute approximate surface area is 112 Å². The molecule has 0 saturated carbocycles. The fourth-order valence-corrected chi connectivity index (χ4v) is 1.95. The second kappa shape index (κ2) is 7.67. The van der Waals surface area contributed by atoms with Gasteiger partial charge in [-0.25, -0.2) is 0 Å². The molecule has 0 aromatic rings. The van der Waals surface area contributed by atoms with E-state index in [0.717, 1.165) is 12.8 Å². The summed E-state index contributed by atoms with van der Waals surface area (Å²) in [6.45, 7) is 12.3. The Bertz CT molecular complexity index is 286. The van der Waals surface area contributed by atoms with Gasteiger partial charge in [-0.05, 0) is 25.7 Å². The topological polar surface area (TPSA) is 46.2 Å². The smallest absolute Gasteiger partial charge is 0.152 e. The van der Waals surface area contributed by atoms with E-state index >= 15 is 0 Å². The van der Waals surface area contributed by atoms with Crippen LogP contribution < -0.4 is 5.32 Å². The molecule has 0 spiro atoms. The highest BCUT2D eigenvalue weighted by Gasteiger charge is 2.34. The lowest BCUT2D eigenvalue weighted by Crippen LogP contribution is -2.43. The molecule has 18 heavy (non-hydrogen) atoms. The van der Waals surface area contributed by atoms with Crippen LogP contribution in [0.1, 0.15) is 60.8 Å². The van der Waals surface area contributed by atoms with E-state index in [0.29, 0.717) is 18.9 Å². The summed E-state index contributed by atoms with van der Waals surface area (Å²) in [4.78, 5) is 23.9. The summed E-state index contributed by atoms with van der Waals surface area (Å²) in [7, 11) is 0. The van der Waals surface area contributed by atoms with Gasteiger partial charge in [-0.15, -0.1) is 0 Å². The number of carbonyl (C=O) groups excluding carboxylic acids is 2. The van der Waals surface area contributed by atoms with E-state index in [4.69, 9.17) is 0 Å². The van der Waals surface area contributed by atoms with E-state index in [1.165, 1.54) is 0 Å². The Morgan fingerprint density at radius 2 is 1.72 bits per heavy atom. The van der Waals surface area contributed by atoms with Crippen LogP contribution in [-0.4, -0.2) is 24.2 Å². The molecule has 0 heterocycles. The Hall–Kier alpha value is -0.700. The van der Waals surface area contributed by atoms with Crippen molar-refractivity contribution >= 4 is 11.6 Å². The van der Waals surface area contributed by atoms with Crippen molar-refractivity contribution in [1.82, 2.24) is 5.32 Å². The van der Waals surface area contributed by atoms with Crippen LogP contribution in [0.4, 0.5) is 0 Å². The van der Waals surface area contributed by atoms with Crippen LogP contribution in [0, 0.1) is 11.3 Å². The van der Waals surface area contributed by atoms with Gasteiger partial charge in [0.05, 0.1) is 12.6 Å². The summed E-state index contributed by atoms with van der Waals surface area (Å²) >= 11 is 0. The van der Waals surface area contributed by atoms with Crippen LogP contribution in [0.3, 0.4) is 0 Å². The van der Waals surface area contributed by atoms with Crippen LogP contribution in [0.25, 0.3) is 0 Å². The van der Waals surface area contributed by atoms with Crippen LogP contribution in [0.2, 0.25) is 0 Å². The zero-order chi connectivity index (χ0) is 14.3. The summed E-state index contributed by atoms with van der Waals surface area (Å²) in [5, 5.41) is 3.06. The van der Waals surface area contributed by atoms with Gasteiger partial charge in [0.15, 0.2) is 5.78 Å². The molecule has 0 aliphatic carbocycles. The molecule has 0 saturated heterocycles. The number of ketones is 2. The van der Waals surface area contributed by atoms with Gasteiger partial charge in [-0.1, -0.05) is 34.6 Å². The SMILES string of the molecule is CCCC(=O)C(C)NCC(=O)C(C)(CC)C(C)C. The molecule has 2 unspecified atom stereocenters. The van der Waals surface area contributed by atoms with Crippen LogP contribution >= 0.6 is 0 Å². The minimum absolute atomic E-state index is 0.188. The van der Waals surface area contributed by atoms with Crippen molar-refractivity contribution in [3.63, 3.8) is 0 Å². The highest BCUT2D eigenvalue weighted by molar-refractivity contribution is 5.88. The quantitative estimate of drug-likeness (QED) is 0.689. The number of Topliss-reactive ketones (excluding diaryl/α,β-unsaturated/α-hetero) is 2. The van der Waals surface area contributed by atoms with Crippen molar-refractivity contribution < 1.29 is 9.59 Å². The second-order valence-corrected chi connectivity index (χ2v) is 5.67.